The minimum atomic E-state index is -0.944. The van der Waals surface area contributed by atoms with Crippen molar-refractivity contribution in [3.8, 4) is 0 Å². The van der Waals surface area contributed by atoms with Crippen LogP contribution in [0.4, 0.5) is 14.5 Å². The molecule has 0 fully saturated rings. The average molecular weight is 355 g/mol. The molecule has 1 amide bonds. The highest BCUT2D eigenvalue weighted by Gasteiger charge is 2.17. The van der Waals surface area contributed by atoms with E-state index >= 15 is 0 Å². The predicted octanol–water partition coefficient (Wildman–Crippen LogP) is 3.80. The van der Waals surface area contributed by atoms with Gasteiger partial charge in [0.25, 0.3) is 5.91 Å². The molecule has 21 heavy (non-hydrogen) atoms. The van der Waals surface area contributed by atoms with Crippen LogP contribution < -0.4 is 11.1 Å². The minimum Gasteiger partial charge on any atom is -0.396 e. The molecule has 3 N–H and O–H groups in total. The number of carbonyl (C=O) groups is 1. The number of nitrogens with one attached hydrogen (secondary N) is 1. The van der Waals surface area contributed by atoms with Crippen molar-refractivity contribution in [2.75, 3.05) is 5.73 Å². The molecule has 0 spiro atoms. The molecule has 6 heteroatoms. The second-order valence-electron chi connectivity index (χ2n) is 4.60. The van der Waals surface area contributed by atoms with Crippen molar-refractivity contribution in [2.24, 2.45) is 0 Å². The number of rotatable bonds is 3. The first-order chi connectivity index (χ1) is 9.88. The van der Waals surface area contributed by atoms with Crippen LogP contribution in [0.25, 0.3) is 0 Å². The van der Waals surface area contributed by atoms with Crippen molar-refractivity contribution >= 4 is 27.5 Å². The fourth-order valence-electron chi connectivity index (χ4n) is 1.87. The lowest BCUT2D eigenvalue weighted by atomic mass is 10.1. The number of amides is 1. The van der Waals surface area contributed by atoms with Crippen LogP contribution in [0.5, 0.6) is 0 Å². The Morgan fingerprint density at radius 2 is 1.95 bits per heavy atom. The van der Waals surface area contributed by atoms with Crippen LogP contribution in [0.1, 0.15) is 28.9 Å². The second kappa shape index (κ2) is 6.22. The number of hydrogen-bond donors (Lipinski definition) is 2. The van der Waals surface area contributed by atoms with Crippen LogP contribution in [-0.4, -0.2) is 5.91 Å². The minimum absolute atomic E-state index is 0.267. The first-order valence-corrected chi connectivity index (χ1v) is 6.98. The van der Waals surface area contributed by atoms with Gasteiger partial charge in [0.1, 0.15) is 11.6 Å². The van der Waals surface area contributed by atoms with Crippen molar-refractivity contribution < 1.29 is 13.6 Å². The number of nitrogens with two attached hydrogens (primary N) is 1. The van der Waals surface area contributed by atoms with Gasteiger partial charge in [-0.1, -0.05) is 28.1 Å². The summed E-state index contributed by atoms with van der Waals surface area (Å²) in [6, 6.07) is 8.64. The lowest BCUT2D eigenvalue weighted by Gasteiger charge is -2.15. The number of halogens is 3. The molecule has 0 radical (unpaired) electrons. The fraction of sp³-hybridized carbons (Fsp3) is 0.133. The quantitative estimate of drug-likeness (QED) is 0.823. The van der Waals surface area contributed by atoms with Gasteiger partial charge in [-0.3, -0.25) is 4.79 Å². The third-order valence-electron chi connectivity index (χ3n) is 3.03. The summed E-state index contributed by atoms with van der Waals surface area (Å²) in [5.74, 6) is -2.48. The lowest BCUT2D eigenvalue weighted by molar-refractivity contribution is 0.0936. The molecule has 0 aliphatic carbocycles. The topological polar surface area (TPSA) is 55.1 Å². The Morgan fingerprint density at radius 1 is 1.24 bits per heavy atom. The summed E-state index contributed by atoms with van der Waals surface area (Å²) in [4.78, 5) is 12.1. The zero-order valence-corrected chi connectivity index (χ0v) is 12.7. The Labute approximate surface area is 129 Å². The Hall–Kier alpha value is -1.95. The molecular weight excluding hydrogens is 342 g/mol. The van der Waals surface area contributed by atoms with Crippen molar-refractivity contribution in [3.63, 3.8) is 0 Å². The van der Waals surface area contributed by atoms with Crippen molar-refractivity contribution in [2.45, 2.75) is 13.0 Å². The molecule has 0 aliphatic rings. The van der Waals surface area contributed by atoms with Crippen LogP contribution in [-0.2, 0) is 0 Å². The van der Waals surface area contributed by atoms with Gasteiger partial charge in [0.05, 0.1) is 17.3 Å². The number of carbonyl (C=O) groups excluding carboxylic acids is 1. The molecule has 3 nitrogen and oxygen atoms in total. The first kappa shape index (κ1) is 15.4. The molecule has 0 aromatic heterocycles. The lowest BCUT2D eigenvalue weighted by Crippen LogP contribution is -2.27. The third kappa shape index (κ3) is 3.58. The zero-order valence-electron chi connectivity index (χ0n) is 11.2. The summed E-state index contributed by atoms with van der Waals surface area (Å²) >= 11 is 3.34. The Morgan fingerprint density at radius 3 is 2.62 bits per heavy atom. The SMILES string of the molecule is CC(NC(=O)c1cc(N)c(F)cc1F)c1cccc(Br)c1. The van der Waals surface area contributed by atoms with Gasteiger partial charge in [0.15, 0.2) is 0 Å². The molecule has 2 aromatic rings. The summed E-state index contributed by atoms with van der Waals surface area (Å²) < 4.78 is 27.6. The normalized spacial score (nSPS) is 12.0. The Balaban J connectivity index is 2.20. The molecule has 110 valence electrons. The van der Waals surface area contributed by atoms with Crippen LogP contribution >= 0.6 is 15.9 Å². The van der Waals surface area contributed by atoms with E-state index in [9.17, 15) is 13.6 Å². The monoisotopic (exact) mass is 354 g/mol. The van der Waals surface area contributed by atoms with Gasteiger partial charge in [-0.15, -0.1) is 0 Å². The molecule has 2 rings (SSSR count). The van der Waals surface area contributed by atoms with E-state index in [1.165, 1.54) is 0 Å². The van der Waals surface area contributed by atoms with Gasteiger partial charge in [0, 0.05) is 10.5 Å². The summed E-state index contributed by atoms with van der Waals surface area (Å²) in [5.41, 5.74) is 5.67. The third-order valence-corrected chi connectivity index (χ3v) is 3.52. The van der Waals surface area contributed by atoms with E-state index in [-0.39, 0.29) is 17.3 Å². The van der Waals surface area contributed by atoms with Gasteiger partial charge < -0.3 is 11.1 Å². The van der Waals surface area contributed by atoms with Crippen LogP contribution in [0.15, 0.2) is 40.9 Å². The van der Waals surface area contributed by atoms with E-state index in [1.54, 1.807) is 6.92 Å². The average Bonchev–Trinajstić information content (AvgIpc) is 2.42. The molecule has 0 heterocycles. The van der Waals surface area contributed by atoms with Crippen molar-refractivity contribution in [3.05, 3.63) is 63.6 Å². The van der Waals surface area contributed by atoms with E-state index in [0.29, 0.717) is 6.07 Å². The maximum absolute atomic E-state index is 13.6. The van der Waals surface area contributed by atoms with Gasteiger partial charge in [-0.05, 0) is 30.7 Å². The number of nitrogen functional groups attached to an aromatic ring is 1. The first-order valence-electron chi connectivity index (χ1n) is 6.19. The molecule has 0 saturated carbocycles. The van der Waals surface area contributed by atoms with Crippen LogP contribution in [0, 0.1) is 11.6 Å². The maximum atomic E-state index is 13.6. The fourth-order valence-corrected chi connectivity index (χ4v) is 2.29. The Bertz CT molecular complexity index is 691. The molecule has 1 unspecified atom stereocenters. The van der Waals surface area contributed by atoms with Gasteiger partial charge in [-0.2, -0.15) is 0 Å². The largest absolute Gasteiger partial charge is 0.396 e. The molecule has 2 aromatic carbocycles. The predicted molar refractivity (Wildman–Crippen MR) is 80.8 cm³/mol. The van der Waals surface area contributed by atoms with E-state index in [2.05, 4.69) is 21.2 Å². The summed E-state index contributed by atoms with van der Waals surface area (Å²) in [6.45, 7) is 1.77. The maximum Gasteiger partial charge on any atom is 0.254 e. The van der Waals surface area contributed by atoms with E-state index in [1.807, 2.05) is 24.3 Å². The smallest absolute Gasteiger partial charge is 0.254 e. The highest BCUT2D eigenvalue weighted by molar-refractivity contribution is 9.10. The highest BCUT2D eigenvalue weighted by atomic mass is 79.9. The van der Waals surface area contributed by atoms with E-state index < -0.39 is 17.5 Å². The van der Waals surface area contributed by atoms with Crippen molar-refractivity contribution in [1.82, 2.24) is 5.32 Å². The molecule has 0 aliphatic heterocycles. The van der Waals surface area contributed by atoms with E-state index in [0.717, 1.165) is 16.1 Å². The zero-order chi connectivity index (χ0) is 15.6. The van der Waals surface area contributed by atoms with Crippen LogP contribution in [0.3, 0.4) is 0 Å². The summed E-state index contributed by atoms with van der Waals surface area (Å²) in [5, 5.41) is 2.65. The molecule has 0 bridgehead atoms. The van der Waals surface area contributed by atoms with Gasteiger partial charge in [0.2, 0.25) is 0 Å². The number of anilines is 1. The number of benzene rings is 2. The molecular formula is C15H13BrF2N2O. The second-order valence-corrected chi connectivity index (χ2v) is 5.52. The van der Waals surface area contributed by atoms with Gasteiger partial charge in [-0.25, -0.2) is 8.78 Å². The summed E-state index contributed by atoms with van der Waals surface area (Å²) in [7, 11) is 0. The molecule has 1 atom stereocenters. The van der Waals surface area contributed by atoms with Crippen LogP contribution in [0.2, 0.25) is 0 Å². The Kier molecular flexibility index (Phi) is 4.57. The van der Waals surface area contributed by atoms with E-state index in [4.69, 9.17) is 5.73 Å². The van der Waals surface area contributed by atoms with Crippen molar-refractivity contribution in [1.29, 1.82) is 0 Å². The number of hydrogen-bond acceptors (Lipinski definition) is 2. The molecule has 0 saturated heterocycles. The van der Waals surface area contributed by atoms with Gasteiger partial charge >= 0.3 is 0 Å². The summed E-state index contributed by atoms with van der Waals surface area (Å²) in [6.07, 6.45) is 0. The standard InChI is InChI=1S/C15H13BrF2N2O/c1-8(9-3-2-4-10(16)5-9)20-15(21)11-6-14(19)13(18)7-12(11)17/h2-8H,19H2,1H3,(H,20,21). The highest BCUT2D eigenvalue weighted by Crippen LogP contribution is 2.20.